The molecule has 154 valence electrons. The minimum absolute atomic E-state index is 0.192. The molecule has 0 aliphatic heterocycles. The van der Waals surface area contributed by atoms with Crippen molar-refractivity contribution in [3.8, 4) is 29.6 Å². The highest BCUT2D eigenvalue weighted by atomic mass is 35.5. The second kappa shape index (κ2) is 9.61. The van der Waals surface area contributed by atoms with E-state index in [0.717, 1.165) is 22.3 Å². The van der Waals surface area contributed by atoms with Gasteiger partial charge in [-0.25, -0.2) is 4.98 Å². The van der Waals surface area contributed by atoms with E-state index in [4.69, 9.17) is 39.1 Å². The van der Waals surface area contributed by atoms with Gasteiger partial charge in [0.1, 0.15) is 23.9 Å². The summed E-state index contributed by atoms with van der Waals surface area (Å²) in [6.07, 6.45) is 5.28. The first-order valence-corrected chi connectivity index (χ1v) is 10.4. The summed E-state index contributed by atoms with van der Waals surface area (Å²) < 4.78 is 11.5. The maximum Gasteiger partial charge on any atom is 0.148 e. The van der Waals surface area contributed by atoms with Gasteiger partial charge in [-0.1, -0.05) is 41.8 Å². The Kier molecular flexibility index (Phi) is 6.47. The highest BCUT2D eigenvalue weighted by Crippen LogP contribution is 2.38. The van der Waals surface area contributed by atoms with E-state index in [9.17, 15) is 0 Å². The van der Waals surface area contributed by atoms with Crippen molar-refractivity contribution in [1.29, 1.82) is 0 Å². The van der Waals surface area contributed by atoms with Crippen molar-refractivity contribution in [3.63, 3.8) is 0 Å². The number of anilines is 2. The molecule has 3 aromatic carbocycles. The lowest BCUT2D eigenvalue weighted by Crippen LogP contribution is -1.99. The number of hydrogen-bond acceptors (Lipinski definition) is 4. The zero-order chi connectivity index (χ0) is 21.6. The maximum absolute atomic E-state index is 6.67. The third kappa shape index (κ3) is 4.86. The smallest absolute Gasteiger partial charge is 0.148 e. The molecule has 0 spiro atoms. The lowest BCUT2D eigenvalue weighted by molar-refractivity contribution is 0.370. The quantitative estimate of drug-likeness (QED) is 0.240. The first-order chi connectivity index (χ1) is 15.2. The summed E-state index contributed by atoms with van der Waals surface area (Å²) >= 11 is 12.8. The number of aromatic nitrogens is 1. The molecule has 0 aliphatic carbocycles. The summed E-state index contributed by atoms with van der Waals surface area (Å²) in [4.78, 5) is 4.60. The number of fused-ring (bicyclic) bond motifs is 1. The maximum atomic E-state index is 6.67. The van der Waals surface area contributed by atoms with Crippen LogP contribution in [0, 0.1) is 12.3 Å². The molecule has 0 saturated heterocycles. The van der Waals surface area contributed by atoms with Crippen molar-refractivity contribution < 1.29 is 9.47 Å². The SMILES string of the molecule is C#CCOc1cccc(Nc2c(Cl)c(CCl)nc3ccc(Oc4ccccc4)cc23)c1. The van der Waals surface area contributed by atoms with E-state index >= 15 is 0 Å². The van der Waals surface area contributed by atoms with Gasteiger partial charge < -0.3 is 14.8 Å². The standard InChI is InChI=1S/C25H18Cl2N2O2/c1-2-13-30-19-10-6-7-17(14-19)28-25-21-15-20(31-18-8-4-3-5-9-18)11-12-22(21)29-23(16-26)24(25)27/h1,3-12,14-15H,13,16H2,(H,28,29). The Bertz CT molecular complexity index is 1250. The fourth-order valence-corrected chi connectivity index (χ4v) is 3.62. The number of hydrogen-bond donors (Lipinski definition) is 1. The summed E-state index contributed by atoms with van der Waals surface area (Å²) in [5.41, 5.74) is 2.83. The molecule has 4 nitrogen and oxygen atoms in total. The van der Waals surface area contributed by atoms with E-state index in [1.54, 1.807) is 0 Å². The average molecular weight is 449 g/mol. The number of nitrogens with one attached hydrogen (secondary N) is 1. The molecule has 0 radical (unpaired) electrons. The molecule has 1 aromatic heterocycles. The molecule has 4 rings (SSSR count). The van der Waals surface area contributed by atoms with Crippen molar-refractivity contribution >= 4 is 45.5 Å². The Labute approximate surface area is 190 Å². The van der Waals surface area contributed by atoms with Gasteiger partial charge in [-0.05, 0) is 42.5 Å². The van der Waals surface area contributed by atoms with Gasteiger partial charge in [-0.2, -0.15) is 0 Å². The lowest BCUT2D eigenvalue weighted by Gasteiger charge is -2.16. The van der Waals surface area contributed by atoms with Gasteiger partial charge in [0.15, 0.2) is 0 Å². The lowest BCUT2D eigenvalue weighted by atomic mass is 10.1. The second-order valence-corrected chi connectivity index (χ2v) is 7.27. The molecule has 0 aliphatic rings. The number of rotatable bonds is 7. The fraction of sp³-hybridized carbons (Fsp3) is 0.0800. The number of para-hydroxylation sites is 1. The van der Waals surface area contributed by atoms with Gasteiger partial charge in [0.05, 0.1) is 27.8 Å². The van der Waals surface area contributed by atoms with Gasteiger partial charge >= 0.3 is 0 Å². The number of ether oxygens (including phenoxy) is 2. The third-order valence-corrected chi connectivity index (χ3v) is 5.16. The molecule has 0 bridgehead atoms. The highest BCUT2D eigenvalue weighted by molar-refractivity contribution is 6.36. The molecule has 6 heteroatoms. The molecule has 0 fully saturated rings. The van der Waals surface area contributed by atoms with Crippen molar-refractivity contribution in [2.75, 3.05) is 11.9 Å². The Morgan fingerprint density at radius 3 is 2.52 bits per heavy atom. The van der Waals surface area contributed by atoms with Crippen LogP contribution in [-0.2, 0) is 5.88 Å². The number of pyridine rings is 1. The summed E-state index contributed by atoms with van der Waals surface area (Å²) in [6, 6.07) is 22.7. The Morgan fingerprint density at radius 1 is 0.935 bits per heavy atom. The van der Waals surface area contributed by atoms with Crippen LogP contribution in [0.1, 0.15) is 5.69 Å². The van der Waals surface area contributed by atoms with Crippen molar-refractivity contribution in [2.45, 2.75) is 5.88 Å². The van der Waals surface area contributed by atoms with Crippen LogP contribution in [0.15, 0.2) is 72.8 Å². The first kappa shape index (κ1) is 20.9. The minimum Gasteiger partial charge on any atom is -0.481 e. The minimum atomic E-state index is 0.192. The van der Waals surface area contributed by atoms with Gasteiger partial charge in [0, 0.05) is 17.1 Å². The summed E-state index contributed by atoms with van der Waals surface area (Å²) in [5.74, 6) is 4.72. The van der Waals surface area contributed by atoms with Gasteiger partial charge in [-0.15, -0.1) is 18.0 Å². The first-order valence-electron chi connectivity index (χ1n) is 9.52. The van der Waals surface area contributed by atoms with Crippen LogP contribution >= 0.6 is 23.2 Å². The monoisotopic (exact) mass is 448 g/mol. The molecule has 31 heavy (non-hydrogen) atoms. The third-order valence-electron chi connectivity index (χ3n) is 4.50. The number of halogens is 2. The van der Waals surface area contributed by atoms with E-state index in [2.05, 4.69) is 16.2 Å². The van der Waals surface area contributed by atoms with Crippen LogP contribution in [0.5, 0.6) is 17.2 Å². The topological polar surface area (TPSA) is 43.4 Å². The molecular weight excluding hydrogens is 431 g/mol. The number of benzene rings is 3. The second-order valence-electron chi connectivity index (χ2n) is 6.62. The molecular formula is C25H18Cl2N2O2. The van der Waals surface area contributed by atoms with E-state index in [1.807, 2.05) is 72.8 Å². The largest absolute Gasteiger partial charge is 0.481 e. The van der Waals surface area contributed by atoms with E-state index in [0.29, 0.717) is 27.9 Å². The molecule has 4 aromatic rings. The highest BCUT2D eigenvalue weighted by Gasteiger charge is 2.15. The van der Waals surface area contributed by atoms with Crippen LogP contribution in [-0.4, -0.2) is 11.6 Å². The van der Waals surface area contributed by atoms with Crippen molar-refractivity contribution in [3.05, 3.63) is 83.5 Å². The molecule has 0 saturated carbocycles. The van der Waals surface area contributed by atoms with Crippen molar-refractivity contribution in [2.24, 2.45) is 0 Å². The number of terminal acetylenes is 1. The van der Waals surface area contributed by atoms with Crippen LogP contribution in [0.25, 0.3) is 10.9 Å². The molecule has 0 unspecified atom stereocenters. The number of nitrogens with zero attached hydrogens (tertiary/aromatic N) is 1. The molecule has 1 heterocycles. The predicted octanol–water partition coefficient (Wildman–Crippen LogP) is 7.17. The van der Waals surface area contributed by atoms with Gasteiger partial charge in [-0.3, -0.25) is 0 Å². The van der Waals surface area contributed by atoms with Gasteiger partial charge in [0.2, 0.25) is 0 Å². The predicted molar refractivity (Wildman–Crippen MR) is 127 cm³/mol. The Balaban J connectivity index is 1.75. The zero-order valence-corrected chi connectivity index (χ0v) is 18.0. The zero-order valence-electron chi connectivity index (χ0n) is 16.4. The summed E-state index contributed by atoms with van der Waals surface area (Å²) in [6.45, 7) is 0.193. The van der Waals surface area contributed by atoms with Crippen LogP contribution in [0.2, 0.25) is 5.02 Å². The van der Waals surface area contributed by atoms with Crippen molar-refractivity contribution in [1.82, 2.24) is 4.98 Å². The van der Waals surface area contributed by atoms with E-state index < -0.39 is 0 Å². The van der Waals surface area contributed by atoms with Crippen LogP contribution in [0.4, 0.5) is 11.4 Å². The molecule has 1 N–H and O–H groups in total. The number of alkyl halides is 1. The summed E-state index contributed by atoms with van der Waals surface area (Å²) in [7, 11) is 0. The Morgan fingerprint density at radius 2 is 1.74 bits per heavy atom. The fourth-order valence-electron chi connectivity index (χ4n) is 3.10. The molecule has 0 atom stereocenters. The summed E-state index contributed by atoms with van der Waals surface area (Å²) in [5, 5.41) is 4.64. The Hall–Kier alpha value is -3.39. The molecule has 0 amide bonds. The van der Waals surface area contributed by atoms with E-state index in [-0.39, 0.29) is 12.5 Å². The van der Waals surface area contributed by atoms with Crippen LogP contribution < -0.4 is 14.8 Å². The van der Waals surface area contributed by atoms with E-state index in [1.165, 1.54) is 0 Å². The van der Waals surface area contributed by atoms with Gasteiger partial charge in [0.25, 0.3) is 0 Å². The average Bonchev–Trinajstić information content (AvgIpc) is 2.80. The normalized spacial score (nSPS) is 10.5. The van der Waals surface area contributed by atoms with Crippen LogP contribution in [0.3, 0.4) is 0 Å².